The lowest BCUT2D eigenvalue weighted by Crippen LogP contribution is -2.60. The van der Waals surface area contributed by atoms with E-state index < -0.39 is 27.6 Å². The molecule has 0 aromatic rings. The number of carbonyl (C=O) groups excluding carboxylic acids is 5. The van der Waals surface area contributed by atoms with Crippen LogP contribution in [0.3, 0.4) is 0 Å². The molecule has 9 nitrogen and oxygen atoms in total. The van der Waals surface area contributed by atoms with Gasteiger partial charge in [0.1, 0.15) is 25.4 Å². The fourth-order valence-corrected chi connectivity index (χ4v) is 9.46. The zero-order valence-corrected chi connectivity index (χ0v) is 38.2. The minimum Gasteiger partial charge on any atom is -0.462 e. The third kappa shape index (κ3) is 12.3. The molecule has 0 aliphatic carbocycles. The number of rotatable bonds is 19. The number of ketones is 1. The Hall–Kier alpha value is -2.45. The highest BCUT2D eigenvalue weighted by Gasteiger charge is 2.62. The molecule has 0 aromatic carbocycles. The summed E-state index contributed by atoms with van der Waals surface area (Å²) in [6.07, 6.45) is 9.33. The van der Waals surface area contributed by atoms with Crippen LogP contribution in [0, 0.1) is 37.9 Å². The second kappa shape index (κ2) is 18.4. The number of carbonyl (C=O) groups is 5. The van der Waals surface area contributed by atoms with Gasteiger partial charge in [0.25, 0.3) is 0 Å². The van der Waals surface area contributed by atoms with E-state index in [0.29, 0.717) is 19.3 Å². The number of nitrogens with zero attached hydrogens (tertiary/aromatic N) is 2. The summed E-state index contributed by atoms with van der Waals surface area (Å²) >= 11 is 0. The second-order valence-corrected chi connectivity index (χ2v) is 22.0. The normalized spacial score (nSPS) is 19.1. The number of amides is 2. The predicted molar refractivity (Wildman–Crippen MR) is 221 cm³/mol. The molecule has 2 saturated heterocycles. The SMILES string of the molecule is CC(=O)CC(=O)OCCOC(=O)C(C)(C(C)(C)C)C(C)(C)C(C)(C)CC(N1CCCCCC1=O)C(C)(C)CCCC(C)(C)C(CC(C)(C)C)N1CCCC1=O. The van der Waals surface area contributed by atoms with E-state index in [1.54, 1.807) is 0 Å². The Bertz CT molecular complexity index is 1350. The fourth-order valence-electron chi connectivity index (χ4n) is 9.46. The molecular weight excluding hydrogens is 693 g/mol. The third-order valence-electron chi connectivity index (χ3n) is 14.3. The molecule has 3 atom stereocenters. The molecule has 2 aliphatic rings. The van der Waals surface area contributed by atoms with Crippen LogP contribution in [0.5, 0.6) is 0 Å². The first-order valence-corrected chi connectivity index (χ1v) is 21.3. The molecule has 3 unspecified atom stereocenters. The van der Waals surface area contributed by atoms with Gasteiger partial charge in [-0.3, -0.25) is 24.0 Å². The molecule has 0 radical (unpaired) electrons. The van der Waals surface area contributed by atoms with Gasteiger partial charge in [0.05, 0.1) is 5.41 Å². The van der Waals surface area contributed by atoms with Crippen LogP contribution in [0.25, 0.3) is 0 Å². The van der Waals surface area contributed by atoms with Gasteiger partial charge in [-0.1, -0.05) is 110 Å². The smallest absolute Gasteiger partial charge is 0.313 e. The molecule has 9 heteroatoms. The van der Waals surface area contributed by atoms with Gasteiger partial charge in [-0.25, -0.2) is 0 Å². The van der Waals surface area contributed by atoms with E-state index >= 15 is 0 Å². The van der Waals surface area contributed by atoms with E-state index in [4.69, 9.17) is 9.47 Å². The zero-order chi connectivity index (χ0) is 42.4. The van der Waals surface area contributed by atoms with Crippen LogP contribution < -0.4 is 0 Å². The van der Waals surface area contributed by atoms with Crippen molar-refractivity contribution in [2.45, 2.75) is 200 Å². The Morgan fingerprint density at radius 3 is 1.58 bits per heavy atom. The molecule has 2 heterocycles. The maximum Gasteiger partial charge on any atom is 0.313 e. The van der Waals surface area contributed by atoms with Crippen molar-refractivity contribution in [2.24, 2.45) is 37.9 Å². The Labute approximate surface area is 336 Å². The average molecular weight is 775 g/mol. The summed E-state index contributed by atoms with van der Waals surface area (Å²) < 4.78 is 11.0. The lowest BCUT2D eigenvalue weighted by molar-refractivity contribution is -0.189. The standard InChI is InChI=1S/C46H82N2O7/c1-33(49)30-38(52)54-28-29-55-39(53)46(16,41(5,6)7)45(14,15)44(12,13)32-35(47-26-19-17-18-22-36(47)50)43(10,11)25-21-24-42(8,9)34(31-40(2,3)4)48-27-20-23-37(48)51/h34-35H,17-32H2,1-16H3. The molecule has 318 valence electrons. The summed E-state index contributed by atoms with van der Waals surface area (Å²) in [5, 5.41) is 0. The van der Waals surface area contributed by atoms with Crippen LogP contribution in [0.15, 0.2) is 0 Å². The molecule has 2 fully saturated rings. The van der Waals surface area contributed by atoms with Crippen molar-refractivity contribution in [2.75, 3.05) is 26.3 Å². The van der Waals surface area contributed by atoms with Gasteiger partial charge in [0.2, 0.25) is 11.8 Å². The molecule has 0 bridgehead atoms. The van der Waals surface area contributed by atoms with Crippen molar-refractivity contribution in [3.63, 3.8) is 0 Å². The van der Waals surface area contributed by atoms with Crippen molar-refractivity contribution >= 4 is 29.5 Å². The van der Waals surface area contributed by atoms with Crippen molar-refractivity contribution in [1.29, 1.82) is 0 Å². The lowest BCUT2D eigenvalue weighted by atomic mass is 9.45. The van der Waals surface area contributed by atoms with E-state index in [1.165, 1.54) is 6.92 Å². The van der Waals surface area contributed by atoms with E-state index in [2.05, 4.69) is 107 Å². The highest BCUT2D eigenvalue weighted by atomic mass is 16.6. The first-order chi connectivity index (χ1) is 24.9. The number of ether oxygens (including phenoxy) is 2. The Balaban J connectivity index is 2.44. The van der Waals surface area contributed by atoms with Gasteiger partial charge >= 0.3 is 11.9 Å². The summed E-state index contributed by atoms with van der Waals surface area (Å²) in [5.41, 5.74) is -2.74. The molecule has 0 saturated carbocycles. The molecule has 55 heavy (non-hydrogen) atoms. The van der Waals surface area contributed by atoms with Crippen molar-refractivity contribution in [3.05, 3.63) is 0 Å². The third-order valence-corrected chi connectivity index (χ3v) is 14.3. The molecule has 2 amide bonds. The first-order valence-electron chi connectivity index (χ1n) is 21.3. The maximum absolute atomic E-state index is 14.3. The highest BCUT2D eigenvalue weighted by molar-refractivity contribution is 5.94. The summed E-state index contributed by atoms with van der Waals surface area (Å²) in [7, 11) is 0. The van der Waals surface area contributed by atoms with Crippen LogP contribution in [-0.4, -0.2) is 77.7 Å². The molecule has 0 N–H and O–H groups in total. The van der Waals surface area contributed by atoms with E-state index in [9.17, 15) is 24.0 Å². The van der Waals surface area contributed by atoms with Crippen molar-refractivity contribution in [1.82, 2.24) is 9.80 Å². The predicted octanol–water partition coefficient (Wildman–Crippen LogP) is 9.97. The molecule has 2 rings (SSSR count). The van der Waals surface area contributed by atoms with E-state index in [-0.39, 0.29) is 71.5 Å². The number of hydrogen-bond acceptors (Lipinski definition) is 7. The van der Waals surface area contributed by atoms with Crippen molar-refractivity contribution in [3.8, 4) is 0 Å². The Kier molecular flexibility index (Phi) is 16.3. The molecule has 0 spiro atoms. The summed E-state index contributed by atoms with van der Waals surface area (Å²) in [5.74, 6) is -0.759. The second-order valence-electron chi connectivity index (χ2n) is 22.0. The van der Waals surface area contributed by atoms with Gasteiger partial charge in [-0.15, -0.1) is 0 Å². The Morgan fingerprint density at radius 1 is 0.636 bits per heavy atom. The minimum absolute atomic E-state index is 0.0538. The van der Waals surface area contributed by atoms with Crippen LogP contribution >= 0.6 is 0 Å². The van der Waals surface area contributed by atoms with Crippen molar-refractivity contribution < 1.29 is 33.4 Å². The van der Waals surface area contributed by atoms with Crippen LogP contribution in [-0.2, 0) is 33.4 Å². The van der Waals surface area contributed by atoms with Gasteiger partial charge < -0.3 is 19.3 Å². The minimum atomic E-state index is -0.969. The Morgan fingerprint density at radius 2 is 1.11 bits per heavy atom. The number of esters is 2. The monoisotopic (exact) mass is 775 g/mol. The van der Waals surface area contributed by atoms with Gasteiger partial charge in [0.15, 0.2) is 0 Å². The lowest BCUT2D eigenvalue weighted by Gasteiger charge is -2.59. The summed E-state index contributed by atoms with van der Waals surface area (Å²) in [4.78, 5) is 68.9. The highest BCUT2D eigenvalue weighted by Crippen LogP contribution is 2.62. The summed E-state index contributed by atoms with van der Waals surface area (Å²) in [6, 6.07) is 0.123. The number of likely N-dealkylation sites (tertiary alicyclic amines) is 2. The van der Waals surface area contributed by atoms with E-state index in [1.807, 2.05) is 6.92 Å². The van der Waals surface area contributed by atoms with Crippen LogP contribution in [0.4, 0.5) is 0 Å². The largest absolute Gasteiger partial charge is 0.462 e. The number of Topliss-reactive ketones (excluding diaryl/α,β-unsaturated/α-hetero) is 1. The quantitative estimate of drug-likeness (QED) is 0.0730. The fraction of sp³-hybridized carbons (Fsp3) is 0.891. The topological polar surface area (TPSA) is 110 Å². The first kappa shape index (κ1) is 48.7. The van der Waals surface area contributed by atoms with Crippen LogP contribution in [0.1, 0.15) is 188 Å². The molecule has 0 aromatic heterocycles. The maximum atomic E-state index is 14.3. The average Bonchev–Trinajstić information content (AvgIpc) is 3.33. The van der Waals surface area contributed by atoms with Crippen LogP contribution in [0.2, 0.25) is 0 Å². The zero-order valence-electron chi connectivity index (χ0n) is 38.2. The molecular formula is C46H82N2O7. The van der Waals surface area contributed by atoms with Gasteiger partial charge in [-0.2, -0.15) is 0 Å². The molecule has 2 aliphatic heterocycles. The van der Waals surface area contributed by atoms with Gasteiger partial charge in [0, 0.05) is 38.0 Å². The summed E-state index contributed by atoms with van der Waals surface area (Å²) in [6.45, 7) is 35.9. The van der Waals surface area contributed by atoms with Gasteiger partial charge in [-0.05, 0) is 91.3 Å². The number of hydrogen-bond donors (Lipinski definition) is 0. The van der Waals surface area contributed by atoms with E-state index in [0.717, 1.165) is 64.5 Å².